The first-order chi connectivity index (χ1) is 9.52. The first kappa shape index (κ1) is 14.3. The molecule has 0 atom stereocenters. The average molecular weight is 293 g/mol. The van der Waals surface area contributed by atoms with Crippen molar-refractivity contribution in [3.8, 4) is 0 Å². The molecule has 0 aliphatic heterocycles. The van der Waals surface area contributed by atoms with Gasteiger partial charge in [0.1, 0.15) is 5.56 Å². The summed E-state index contributed by atoms with van der Waals surface area (Å²) >= 11 is 5.96. The molecule has 0 saturated carbocycles. The normalized spacial score (nSPS) is 10.3. The van der Waals surface area contributed by atoms with Gasteiger partial charge in [-0.1, -0.05) is 11.6 Å². The van der Waals surface area contributed by atoms with Crippen LogP contribution in [0.5, 0.6) is 0 Å². The maximum atomic E-state index is 11.9. The fourth-order valence-corrected chi connectivity index (χ4v) is 2.01. The monoisotopic (exact) mass is 292 g/mol. The predicted molar refractivity (Wildman–Crippen MR) is 77.0 cm³/mol. The van der Waals surface area contributed by atoms with Crippen molar-refractivity contribution in [2.24, 2.45) is 0 Å². The number of hydrogen-bond acceptors (Lipinski definition) is 4. The van der Waals surface area contributed by atoms with Crippen molar-refractivity contribution in [3.05, 3.63) is 35.0 Å². The summed E-state index contributed by atoms with van der Waals surface area (Å²) in [5.41, 5.74) is 1.20. The van der Waals surface area contributed by atoms with Crippen LogP contribution in [0, 0.1) is 0 Å². The Bertz CT molecular complexity index is 685. The molecule has 6 heteroatoms. The number of esters is 1. The van der Waals surface area contributed by atoms with Crippen LogP contribution in [-0.4, -0.2) is 23.5 Å². The van der Waals surface area contributed by atoms with Crippen LogP contribution in [0.3, 0.4) is 0 Å². The molecule has 0 bridgehead atoms. The standard InChI is InChI=1S/C14H13ClN2O3/c1-3-20-14(19)11-7-16-12-5-4-9(15)6-10(12)13(11)17-8(2)18/h4-7H,3H2,1-2H3,(H,16,17,18). The lowest BCUT2D eigenvalue weighted by molar-refractivity contribution is -0.114. The third kappa shape index (κ3) is 2.88. The molecule has 0 aliphatic carbocycles. The van der Waals surface area contributed by atoms with E-state index >= 15 is 0 Å². The molecule has 5 nitrogen and oxygen atoms in total. The van der Waals surface area contributed by atoms with Crippen molar-refractivity contribution in [1.82, 2.24) is 4.98 Å². The number of halogens is 1. The van der Waals surface area contributed by atoms with E-state index < -0.39 is 5.97 Å². The SMILES string of the molecule is CCOC(=O)c1cnc2ccc(Cl)cc2c1NC(C)=O. The number of rotatable bonds is 3. The number of anilines is 1. The Balaban J connectivity index is 2.67. The van der Waals surface area contributed by atoms with E-state index in [1.54, 1.807) is 25.1 Å². The quantitative estimate of drug-likeness (QED) is 0.883. The minimum atomic E-state index is -0.536. The molecule has 0 fully saturated rings. The van der Waals surface area contributed by atoms with Gasteiger partial charge in [-0.2, -0.15) is 0 Å². The number of amides is 1. The van der Waals surface area contributed by atoms with E-state index in [9.17, 15) is 9.59 Å². The molecule has 0 spiro atoms. The summed E-state index contributed by atoms with van der Waals surface area (Å²) in [6.07, 6.45) is 1.39. The molecule has 104 valence electrons. The zero-order valence-corrected chi connectivity index (χ0v) is 11.8. The van der Waals surface area contributed by atoms with E-state index in [0.717, 1.165) is 0 Å². The topological polar surface area (TPSA) is 68.3 Å². The molecule has 1 heterocycles. The maximum Gasteiger partial charge on any atom is 0.341 e. The second-order valence-electron chi connectivity index (χ2n) is 4.11. The summed E-state index contributed by atoms with van der Waals surface area (Å²) in [6.45, 7) is 3.32. The highest BCUT2D eigenvalue weighted by Crippen LogP contribution is 2.29. The first-order valence-corrected chi connectivity index (χ1v) is 6.43. The molecule has 0 saturated heterocycles. The van der Waals surface area contributed by atoms with E-state index in [1.807, 2.05) is 0 Å². The Kier molecular flexibility index (Phi) is 4.20. The molecule has 1 amide bonds. The van der Waals surface area contributed by atoms with Crippen LogP contribution in [0.1, 0.15) is 24.2 Å². The van der Waals surface area contributed by atoms with E-state index in [2.05, 4.69) is 10.3 Å². The zero-order chi connectivity index (χ0) is 14.7. The average Bonchev–Trinajstić information content (AvgIpc) is 2.39. The van der Waals surface area contributed by atoms with Gasteiger partial charge in [0.2, 0.25) is 5.91 Å². The van der Waals surface area contributed by atoms with Crippen molar-refractivity contribution in [2.75, 3.05) is 11.9 Å². The van der Waals surface area contributed by atoms with Crippen molar-refractivity contribution in [3.63, 3.8) is 0 Å². The van der Waals surface area contributed by atoms with Crippen LogP contribution >= 0.6 is 11.6 Å². The van der Waals surface area contributed by atoms with Gasteiger partial charge in [-0.15, -0.1) is 0 Å². The third-order valence-corrected chi connectivity index (χ3v) is 2.86. The molecule has 1 N–H and O–H groups in total. The Labute approximate surface area is 120 Å². The van der Waals surface area contributed by atoms with Crippen LogP contribution in [0.15, 0.2) is 24.4 Å². The van der Waals surface area contributed by atoms with Crippen LogP contribution in [0.2, 0.25) is 5.02 Å². The van der Waals surface area contributed by atoms with E-state index in [1.165, 1.54) is 13.1 Å². The second kappa shape index (κ2) is 5.88. The highest BCUT2D eigenvalue weighted by molar-refractivity contribution is 6.31. The van der Waals surface area contributed by atoms with Crippen molar-refractivity contribution in [1.29, 1.82) is 0 Å². The van der Waals surface area contributed by atoms with E-state index in [-0.39, 0.29) is 18.1 Å². The lowest BCUT2D eigenvalue weighted by Crippen LogP contribution is -2.14. The zero-order valence-electron chi connectivity index (χ0n) is 11.1. The third-order valence-electron chi connectivity index (χ3n) is 2.63. The van der Waals surface area contributed by atoms with Crippen molar-refractivity contribution in [2.45, 2.75) is 13.8 Å². The van der Waals surface area contributed by atoms with Crippen molar-refractivity contribution >= 4 is 40.1 Å². The summed E-state index contributed by atoms with van der Waals surface area (Å²) in [7, 11) is 0. The van der Waals surface area contributed by atoms with Gasteiger partial charge >= 0.3 is 5.97 Å². The van der Waals surface area contributed by atoms with E-state index in [4.69, 9.17) is 16.3 Å². The number of pyridine rings is 1. The number of aromatic nitrogens is 1. The van der Waals surface area contributed by atoms with Gasteiger partial charge in [0.05, 0.1) is 17.8 Å². The first-order valence-electron chi connectivity index (χ1n) is 6.06. The molecular weight excluding hydrogens is 280 g/mol. The molecule has 0 unspecified atom stereocenters. The van der Waals surface area contributed by atoms with E-state index in [0.29, 0.717) is 21.6 Å². The fraction of sp³-hybridized carbons (Fsp3) is 0.214. The summed E-state index contributed by atoms with van der Waals surface area (Å²) in [5.74, 6) is -0.825. The molecule has 1 aromatic carbocycles. The smallest absolute Gasteiger partial charge is 0.341 e. The fourth-order valence-electron chi connectivity index (χ4n) is 1.84. The summed E-state index contributed by atoms with van der Waals surface area (Å²) in [6, 6.07) is 5.06. The number of carbonyl (C=O) groups is 2. The highest BCUT2D eigenvalue weighted by atomic mass is 35.5. The lowest BCUT2D eigenvalue weighted by Gasteiger charge is -2.12. The van der Waals surface area contributed by atoms with Crippen LogP contribution in [-0.2, 0) is 9.53 Å². The Morgan fingerprint density at radius 1 is 1.40 bits per heavy atom. The minimum absolute atomic E-state index is 0.205. The number of ether oxygens (including phenoxy) is 1. The minimum Gasteiger partial charge on any atom is -0.462 e. The lowest BCUT2D eigenvalue weighted by atomic mass is 10.1. The van der Waals surface area contributed by atoms with Gasteiger partial charge in [-0.05, 0) is 25.1 Å². The van der Waals surface area contributed by atoms with Gasteiger partial charge in [0.15, 0.2) is 0 Å². The number of fused-ring (bicyclic) bond motifs is 1. The Hall–Kier alpha value is -2.14. The molecule has 2 aromatic rings. The summed E-state index contributed by atoms with van der Waals surface area (Å²) in [5, 5.41) is 3.73. The van der Waals surface area contributed by atoms with Gasteiger partial charge in [0.25, 0.3) is 0 Å². The Morgan fingerprint density at radius 2 is 2.15 bits per heavy atom. The van der Waals surface area contributed by atoms with Crippen LogP contribution in [0.25, 0.3) is 10.9 Å². The molecule has 2 rings (SSSR count). The van der Waals surface area contributed by atoms with Gasteiger partial charge in [-0.3, -0.25) is 9.78 Å². The van der Waals surface area contributed by atoms with Gasteiger partial charge in [-0.25, -0.2) is 4.79 Å². The number of carbonyl (C=O) groups excluding carboxylic acids is 2. The summed E-state index contributed by atoms with van der Waals surface area (Å²) < 4.78 is 4.97. The maximum absolute atomic E-state index is 11.9. The molecule has 0 aliphatic rings. The molecule has 1 aromatic heterocycles. The largest absolute Gasteiger partial charge is 0.462 e. The molecule has 20 heavy (non-hydrogen) atoms. The van der Waals surface area contributed by atoms with Crippen molar-refractivity contribution < 1.29 is 14.3 Å². The van der Waals surface area contributed by atoms with Crippen LogP contribution in [0.4, 0.5) is 5.69 Å². The van der Waals surface area contributed by atoms with Gasteiger partial charge < -0.3 is 10.1 Å². The van der Waals surface area contributed by atoms with Gasteiger partial charge in [0, 0.05) is 23.5 Å². The second-order valence-corrected chi connectivity index (χ2v) is 4.55. The molecule has 0 radical (unpaired) electrons. The highest BCUT2D eigenvalue weighted by Gasteiger charge is 2.17. The predicted octanol–water partition coefficient (Wildman–Crippen LogP) is 3.02. The number of benzene rings is 1. The molecular formula is C14H13ClN2O3. The Morgan fingerprint density at radius 3 is 2.80 bits per heavy atom. The van der Waals surface area contributed by atoms with Crippen LogP contribution < -0.4 is 5.32 Å². The number of nitrogens with zero attached hydrogens (tertiary/aromatic N) is 1. The number of nitrogens with one attached hydrogen (secondary N) is 1. The number of hydrogen-bond donors (Lipinski definition) is 1. The summed E-state index contributed by atoms with van der Waals surface area (Å²) in [4.78, 5) is 27.5.